The van der Waals surface area contributed by atoms with Crippen molar-refractivity contribution in [3.8, 4) is 0 Å². The van der Waals surface area contributed by atoms with Gasteiger partial charge < -0.3 is 10.2 Å². The fraction of sp³-hybridized carbons (Fsp3) is 0.400. The molecule has 0 spiro atoms. The molecular formula is C10H13ClO2. The maximum absolute atomic E-state index is 9.73. The van der Waals surface area contributed by atoms with Crippen LogP contribution in [0.5, 0.6) is 0 Å². The Hall–Kier alpha value is -0.570. The minimum absolute atomic E-state index is 0.0492. The summed E-state index contributed by atoms with van der Waals surface area (Å²) < 4.78 is 0. The molecule has 0 saturated carbocycles. The van der Waals surface area contributed by atoms with Gasteiger partial charge in [-0.05, 0) is 11.6 Å². The molecule has 0 unspecified atom stereocenters. The van der Waals surface area contributed by atoms with E-state index in [2.05, 4.69) is 0 Å². The predicted molar refractivity (Wildman–Crippen MR) is 52.7 cm³/mol. The molecule has 2 nitrogen and oxygen atoms in total. The Morgan fingerprint density at radius 2 is 2.00 bits per heavy atom. The van der Waals surface area contributed by atoms with Crippen LogP contribution in [0, 0.1) is 5.92 Å². The van der Waals surface area contributed by atoms with Gasteiger partial charge in [-0.15, -0.1) is 0 Å². The third kappa shape index (κ3) is 2.44. The number of aliphatic hydroxyl groups is 2. The Balaban J connectivity index is 2.88. The molecule has 0 aromatic heterocycles. The largest absolute Gasteiger partial charge is 0.396 e. The van der Waals surface area contributed by atoms with Crippen molar-refractivity contribution in [2.24, 2.45) is 5.92 Å². The van der Waals surface area contributed by atoms with Gasteiger partial charge in [-0.1, -0.05) is 36.7 Å². The molecule has 2 N–H and O–H groups in total. The Labute approximate surface area is 82.8 Å². The normalized spacial score (nSPS) is 15.4. The monoisotopic (exact) mass is 200 g/mol. The molecule has 13 heavy (non-hydrogen) atoms. The Morgan fingerprint density at radius 1 is 1.38 bits per heavy atom. The van der Waals surface area contributed by atoms with Gasteiger partial charge in [-0.25, -0.2) is 0 Å². The summed E-state index contributed by atoms with van der Waals surface area (Å²) in [7, 11) is 0. The van der Waals surface area contributed by atoms with E-state index in [1.807, 2.05) is 12.1 Å². The SMILES string of the molecule is C[C@@H](CO)[C@@H](O)c1ccccc1Cl. The highest BCUT2D eigenvalue weighted by atomic mass is 35.5. The summed E-state index contributed by atoms with van der Waals surface area (Å²) in [6.07, 6.45) is -0.696. The molecule has 1 rings (SSSR count). The van der Waals surface area contributed by atoms with Gasteiger partial charge in [0.2, 0.25) is 0 Å². The quantitative estimate of drug-likeness (QED) is 0.784. The summed E-state index contributed by atoms with van der Waals surface area (Å²) in [5, 5.41) is 19.1. The summed E-state index contributed by atoms with van der Waals surface area (Å²) in [5.74, 6) is -0.195. The molecule has 0 fully saturated rings. The number of halogens is 1. The Bertz CT molecular complexity index is 275. The van der Waals surface area contributed by atoms with Gasteiger partial charge in [0, 0.05) is 17.5 Å². The van der Waals surface area contributed by atoms with E-state index in [1.165, 1.54) is 0 Å². The van der Waals surface area contributed by atoms with E-state index in [0.717, 1.165) is 0 Å². The first-order valence-electron chi connectivity index (χ1n) is 4.20. The van der Waals surface area contributed by atoms with E-state index in [0.29, 0.717) is 10.6 Å². The lowest BCUT2D eigenvalue weighted by Gasteiger charge is -2.17. The van der Waals surface area contributed by atoms with Crippen LogP contribution in [0.4, 0.5) is 0 Å². The van der Waals surface area contributed by atoms with Crippen molar-refractivity contribution >= 4 is 11.6 Å². The molecule has 1 aromatic carbocycles. The molecule has 0 heterocycles. The number of hydrogen-bond donors (Lipinski definition) is 2. The van der Waals surface area contributed by atoms with Gasteiger partial charge in [-0.3, -0.25) is 0 Å². The van der Waals surface area contributed by atoms with E-state index in [1.54, 1.807) is 19.1 Å². The van der Waals surface area contributed by atoms with Crippen LogP contribution >= 0.6 is 11.6 Å². The highest BCUT2D eigenvalue weighted by molar-refractivity contribution is 6.31. The summed E-state index contributed by atoms with van der Waals surface area (Å²) >= 11 is 5.88. The van der Waals surface area contributed by atoms with Crippen molar-refractivity contribution in [3.63, 3.8) is 0 Å². The molecule has 3 heteroatoms. The first-order valence-corrected chi connectivity index (χ1v) is 4.58. The van der Waals surface area contributed by atoms with E-state index in [-0.39, 0.29) is 12.5 Å². The second-order valence-corrected chi connectivity index (χ2v) is 3.53. The molecule has 0 aliphatic rings. The van der Waals surface area contributed by atoms with Crippen LogP contribution in [0.2, 0.25) is 5.02 Å². The number of benzene rings is 1. The fourth-order valence-electron chi connectivity index (χ4n) is 1.12. The zero-order chi connectivity index (χ0) is 9.84. The van der Waals surface area contributed by atoms with Gasteiger partial charge in [0.1, 0.15) is 0 Å². The van der Waals surface area contributed by atoms with Crippen molar-refractivity contribution in [1.82, 2.24) is 0 Å². The van der Waals surface area contributed by atoms with Gasteiger partial charge in [-0.2, -0.15) is 0 Å². The Kier molecular flexibility index (Phi) is 3.72. The van der Waals surface area contributed by atoms with Crippen molar-refractivity contribution in [1.29, 1.82) is 0 Å². The molecular weight excluding hydrogens is 188 g/mol. The second kappa shape index (κ2) is 4.61. The van der Waals surface area contributed by atoms with Crippen LogP contribution in [0.3, 0.4) is 0 Å². The maximum Gasteiger partial charge on any atom is 0.0851 e. The van der Waals surface area contributed by atoms with Crippen LogP contribution in [0.25, 0.3) is 0 Å². The Morgan fingerprint density at radius 3 is 2.54 bits per heavy atom. The first-order chi connectivity index (χ1) is 6.16. The molecule has 72 valence electrons. The van der Waals surface area contributed by atoms with Gasteiger partial charge in [0.15, 0.2) is 0 Å². The third-order valence-corrected chi connectivity index (χ3v) is 2.40. The van der Waals surface area contributed by atoms with Gasteiger partial charge in [0.25, 0.3) is 0 Å². The van der Waals surface area contributed by atoms with E-state index < -0.39 is 6.10 Å². The summed E-state index contributed by atoms with van der Waals surface area (Å²) in [5.41, 5.74) is 0.672. The van der Waals surface area contributed by atoms with Crippen LogP contribution in [0.15, 0.2) is 24.3 Å². The van der Waals surface area contributed by atoms with Gasteiger partial charge in [0.05, 0.1) is 6.10 Å². The minimum Gasteiger partial charge on any atom is -0.396 e. The molecule has 2 atom stereocenters. The lowest BCUT2D eigenvalue weighted by molar-refractivity contribution is 0.0771. The first kappa shape index (κ1) is 10.5. The highest BCUT2D eigenvalue weighted by Crippen LogP contribution is 2.27. The number of rotatable bonds is 3. The fourth-order valence-corrected chi connectivity index (χ4v) is 1.37. The molecule has 0 aliphatic carbocycles. The average molecular weight is 201 g/mol. The zero-order valence-corrected chi connectivity index (χ0v) is 8.20. The third-order valence-electron chi connectivity index (χ3n) is 2.05. The lowest BCUT2D eigenvalue weighted by Crippen LogP contribution is -2.13. The summed E-state index contributed by atoms with van der Waals surface area (Å²) in [6.45, 7) is 1.72. The number of hydrogen-bond acceptors (Lipinski definition) is 2. The molecule has 0 saturated heterocycles. The highest BCUT2D eigenvalue weighted by Gasteiger charge is 2.17. The molecule has 0 aliphatic heterocycles. The molecule has 0 radical (unpaired) electrons. The number of aliphatic hydroxyl groups excluding tert-OH is 2. The zero-order valence-electron chi connectivity index (χ0n) is 7.44. The van der Waals surface area contributed by atoms with Crippen LogP contribution in [0.1, 0.15) is 18.6 Å². The summed E-state index contributed by atoms with van der Waals surface area (Å²) in [4.78, 5) is 0. The van der Waals surface area contributed by atoms with Crippen molar-refractivity contribution in [2.45, 2.75) is 13.0 Å². The standard InChI is InChI=1S/C10H13ClO2/c1-7(6-12)10(13)8-4-2-3-5-9(8)11/h2-5,7,10,12-13H,6H2,1H3/t7-,10+/m0/s1. The molecule has 0 amide bonds. The topological polar surface area (TPSA) is 40.5 Å². The second-order valence-electron chi connectivity index (χ2n) is 3.13. The van der Waals surface area contributed by atoms with Crippen molar-refractivity contribution in [2.75, 3.05) is 6.61 Å². The molecule has 0 bridgehead atoms. The van der Waals surface area contributed by atoms with E-state index in [9.17, 15) is 5.11 Å². The van der Waals surface area contributed by atoms with Crippen LogP contribution in [-0.4, -0.2) is 16.8 Å². The van der Waals surface area contributed by atoms with E-state index in [4.69, 9.17) is 16.7 Å². The predicted octanol–water partition coefficient (Wildman–Crippen LogP) is 2.00. The maximum atomic E-state index is 9.73. The smallest absolute Gasteiger partial charge is 0.0851 e. The summed E-state index contributed by atoms with van der Waals surface area (Å²) in [6, 6.07) is 7.11. The van der Waals surface area contributed by atoms with E-state index >= 15 is 0 Å². The van der Waals surface area contributed by atoms with Crippen molar-refractivity contribution in [3.05, 3.63) is 34.9 Å². The minimum atomic E-state index is -0.696. The molecule has 1 aromatic rings. The van der Waals surface area contributed by atoms with Gasteiger partial charge >= 0.3 is 0 Å². The average Bonchev–Trinajstić information content (AvgIpc) is 2.16. The lowest BCUT2D eigenvalue weighted by atomic mass is 9.98. The van der Waals surface area contributed by atoms with Crippen molar-refractivity contribution < 1.29 is 10.2 Å². The van der Waals surface area contributed by atoms with Crippen LogP contribution in [-0.2, 0) is 0 Å². The van der Waals surface area contributed by atoms with Crippen LogP contribution < -0.4 is 0 Å².